The number of nitrogens with one attached hydrogen (secondary N) is 1. The van der Waals surface area contributed by atoms with Crippen LogP contribution in [0.5, 0.6) is 0 Å². The van der Waals surface area contributed by atoms with E-state index in [0.717, 1.165) is 49.9 Å². The molecule has 0 saturated carbocycles. The fourth-order valence-electron chi connectivity index (χ4n) is 3.11. The molecule has 2 aromatic carbocycles. The van der Waals surface area contributed by atoms with Gasteiger partial charge in [-0.2, -0.15) is 0 Å². The third kappa shape index (κ3) is 5.91. The van der Waals surface area contributed by atoms with Crippen LogP contribution in [0.1, 0.15) is 15.9 Å². The van der Waals surface area contributed by atoms with E-state index in [9.17, 15) is 9.18 Å². The Bertz CT molecular complexity index is 777. The molecule has 0 bridgehead atoms. The first-order chi connectivity index (χ1) is 13.0. The fraction of sp³-hybridized carbons (Fsp3) is 0.350. The van der Waals surface area contributed by atoms with Gasteiger partial charge in [-0.15, -0.1) is 0 Å². The van der Waals surface area contributed by atoms with Crippen LogP contribution >= 0.6 is 23.2 Å². The van der Waals surface area contributed by atoms with Gasteiger partial charge in [-0.25, -0.2) is 4.39 Å². The summed E-state index contributed by atoms with van der Waals surface area (Å²) < 4.78 is 12.9. The summed E-state index contributed by atoms with van der Waals surface area (Å²) in [4.78, 5) is 16.7. The minimum atomic E-state index is -0.344. The molecule has 3 rings (SSSR count). The van der Waals surface area contributed by atoms with Crippen LogP contribution in [0.4, 0.5) is 4.39 Å². The lowest BCUT2D eigenvalue weighted by Crippen LogP contribution is -2.48. The quantitative estimate of drug-likeness (QED) is 0.790. The molecule has 0 unspecified atom stereocenters. The zero-order valence-corrected chi connectivity index (χ0v) is 16.4. The van der Waals surface area contributed by atoms with E-state index in [-0.39, 0.29) is 11.7 Å². The second-order valence-electron chi connectivity index (χ2n) is 6.62. The molecule has 1 N–H and O–H groups in total. The highest BCUT2D eigenvalue weighted by molar-refractivity contribution is 6.33. The molecule has 144 valence electrons. The van der Waals surface area contributed by atoms with E-state index in [1.54, 1.807) is 6.07 Å². The average Bonchev–Trinajstić information content (AvgIpc) is 2.66. The van der Waals surface area contributed by atoms with Crippen LogP contribution in [0.25, 0.3) is 0 Å². The van der Waals surface area contributed by atoms with Crippen molar-refractivity contribution in [3.05, 3.63) is 69.5 Å². The lowest BCUT2D eigenvalue weighted by molar-refractivity contribution is 0.0934. The molecule has 0 atom stereocenters. The minimum absolute atomic E-state index is 0.177. The van der Waals surface area contributed by atoms with Gasteiger partial charge in [0.05, 0.1) is 0 Å². The van der Waals surface area contributed by atoms with E-state index in [1.807, 2.05) is 12.1 Å². The topological polar surface area (TPSA) is 35.6 Å². The maximum absolute atomic E-state index is 12.9. The SMILES string of the molecule is O=C(NCCN1CCN(Cc2cc(Cl)ccc2Cl)CC1)c1ccc(F)cc1. The Morgan fingerprint density at radius 3 is 2.37 bits per heavy atom. The average molecular weight is 410 g/mol. The highest BCUT2D eigenvalue weighted by Crippen LogP contribution is 2.22. The summed E-state index contributed by atoms with van der Waals surface area (Å²) in [5.74, 6) is -0.521. The zero-order chi connectivity index (χ0) is 19.2. The number of benzene rings is 2. The van der Waals surface area contributed by atoms with Gasteiger partial charge >= 0.3 is 0 Å². The van der Waals surface area contributed by atoms with Gasteiger partial charge in [0.25, 0.3) is 5.91 Å². The van der Waals surface area contributed by atoms with Crippen LogP contribution in [0, 0.1) is 5.82 Å². The Kier molecular flexibility index (Phi) is 7.07. The smallest absolute Gasteiger partial charge is 0.251 e. The normalized spacial score (nSPS) is 15.7. The van der Waals surface area contributed by atoms with E-state index in [1.165, 1.54) is 24.3 Å². The maximum atomic E-state index is 12.9. The molecule has 0 spiro atoms. The number of hydrogen-bond donors (Lipinski definition) is 1. The van der Waals surface area contributed by atoms with E-state index in [4.69, 9.17) is 23.2 Å². The van der Waals surface area contributed by atoms with Crippen LogP contribution < -0.4 is 5.32 Å². The molecule has 0 radical (unpaired) electrons. The van der Waals surface area contributed by atoms with Crippen molar-refractivity contribution in [3.63, 3.8) is 0 Å². The van der Waals surface area contributed by atoms with Gasteiger partial charge in [0.15, 0.2) is 0 Å². The van der Waals surface area contributed by atoms with Crippen molar-refractivity contribution in [2.75, 3.05) is 39.3 Å². The summed E-state index contributed by atoms with van der Waals surface area (Å²) >= 11 is 12.3. The standard InChI is InChI=1S/C20H22Cl2FN3O/c21-17-3-6-19(22)16(13-17)14-26-11-9-25(10-12-26)8-7-24-20(27)15-1-4-18(23)5-2-15/h1-6,13H,7-12,14H2,(H,24,27). The van der Waals surface area contributed by atoms with Gasteiger partial charge in [0, 0.05) is 61.4 Å². The van der Waals surface area contributed by atoms with Gasteiger partial charge < -0.3 is 5.32 Å². The van der Waals surface area contributed by atoms with Crippen LogP contribution in [0.2, 0.25) is 10.0 Å². The molecule has 1 aliphatic rings. The number of amides is 1. The summed E-state index contributed by atoms with van der Waals surface area (Å²) in [6, 6.07) is 11.1. The Morgan fingerprint density at radius 1 is 1.00 bits per heavy atom. The molecule has 7 heteroatoms. The van der Waals surface area contributed by atoms with E-state index in [0.29, 0.717) is 17.1 Å². The van der Waals surface area contributed by atoms with E-state index >= 15 is 0 Å². The molecule has 2 aromatic rings. The molecular formula is C20H22Cl2FN3O. The second kappa shape index (κ2) is 9.51. The van der Waals surface area contributed by atoms with Gasteiger partial charge in [0.1, 0.15) is 5.82 Å². The summed E-state index contributed by atoms with van der Waals surface area (Å²) in [6.07, 6.45) is 0. The number of carbonyl (C=O) groups excluding carboxylic acids is 1. The first-order valence-corrected chi connectivity index (χ1v) is 9.69. The summed E-state index contributed by atoms with van der Waals surface area (Å²) in [5.41, 5.74) is 1.52. The van der Waals surface area contributed by atoms with E-state index < -0.39 is 0 Å². The summed E-state index contributed by atoms with van der Waals surface area (Å²) in [6.45, 7) is 5.89. The molecule has 1 aliphatic heterocycles. The van der Waals surface area contributed by atoms with Crippen LogP contribution in [-0.2, 0) is 6.54 Å². The second-order valence-corrected chi connectivity index (χ2v) is 7.46. The Labute approximate surface area is 168 Å². The zero-order valence-electron chi connectivity index (χ0n) is 14.9. The number of piperazine rings is 1. The molecule has 1 saturated heterocycles. The Morgan fingerprint density at radius 2 is 1.67 bits per heavy atom. The third-order valence-corrected chi connectivity index (χ3v) is 5.29. The molecule has 0 aliphatic carbocycles. The van der Waals surface area contributed by atoms with Gasteiger partial charge in [-0.1, -0.05) is 23.2 Å². The van der Waals surface area contributed by atoms with E-state index in [2.05, 4.69) is 15.1 Å². The predicted octanol–water partition coefficient (Wildman–Crippen LogP) is 3.68. The number of nitrogens with zero attached hydrogens (tertiary/aromatic N) is 2. The van der Waals surface area contributed by atoms with Crippen molar-refractivity contribution < 1.29 is 9.18 Å². The van der Waals surface area contributed by atoms with Crippen molar-refractivity contribution in [1.29, 1.82) is 0 Å². The lowest BCUT2D eigenvalue weighted by atomic mass is 10.2. The molecular weight excluding hydrogens is 388 g/mol. The molecule has 4 nitrogen and oxygen atoms in total. The van der Waals surface area contributed by atoms with Crippen LogP contribution in [0.15, 0.2) is 42.5 Å². The van der Waals surface area contributed by atoms with Gasteiger partial charge in [-0.05, 0) is 48.0 Å². The monoisotopic (exact) mass is 409 g/mol. The molecule has 1 heterocycles. The minimum Gasteiger partial charge on any atom is -0.351 e. The molecule has 0 aromatic heterocycles. The van der Waals surface area contributed by atoms with Crippen molar-refractivity contribution in [2.24, 2.45) is 0 Å². The van der Waals surface area contributed by atoms with Crippen LogP contribution in [-0.4, -0.2) is 55.0 Å². The number of rotatable bonds is 6. The van der Waals surface area contributed by atoms with Crippen molar-refractivity contribution in [3.8, 4) is 0 Å². The van der Waals surface area contributed by atoms with Crippen molar-refractivity contribution >= 4 is 29.1 Å². The maximum Gasteiger partial charge on any atom is 0.251 e. The Hall–Kier alpha value is -1.66. The highest BCUT2D eigenvalue weighted by Gasteiger charge is 2.18. The number of hydrogen-bond acceptors (Lipinski definition) is 3. The van der Waals surface area contributed by atoms with Gasteiger partial charge in [-0.3, -0.25) is 14.6 Å². The number of halogens is 3. The largest absolute Gasteiger partial charge is 0.351 e. The summed E-state index contributed by atoms with van der Waals surface area (Å²) in [7, 11) is 0. The predicted molar refractivity (Wildman–Crippen MR) is 107 cm³/mol. The van der Waals surface area contributed by atoms with Crippen molar-refractivity contribution in [1.82, 2.24) is 15.1 Å². The molecule has 1 fully saturated rings. The van der Waals surface area contributed by atoms with Crippen LogP contribution in [0.3, 0.4) is 0 Å². The first kappa shape index (κ1) is 20.1. The summed E-state index contributed by atoms with van der Waals surface area (Å²) in [5, 5.41) is 4.32. The highest BCUT2D eigenvalue weighted by atomic mass is 35.5. The molecule has 27 heavy (non-hydrogen) atoms. The molecule has 1 amide bonds. The van der Waals surface area contributed by atoms with Crippen molar-refractivity contribution in [2.45, 2.75) is 6.54 Å². The van der Waals surface area contributed by atoms with Gasteiger partial charge in [0.2, 0.25) is 0 Å². The fourth-order valence-corrected chi connectivity index (χ4v) is 3.48. The number of carbonyl (C=O) groups is 1. The first-order valence-electron chi connectivity index (χ1n) is 8.93. The lowest BCUT2D eigenvalue weighted by Gasteiger charge is -2.34. The Balaban J connectivity index is 1.39. The third-order valence-electron chi connectivity index (χ3n) is 4.69.